The zero-order valence-corrected chi connectivity index (χ0v) is 87.8. The first-order chi connectivity index (χ1) is 68.5. The number of hydrogen-bond donors (Lipinski definition) is 0. The van der Waals surface area contributed by atoms with Crippen LogP contribution < -0.4 is 0 Å². The van der Waals surface area contributed by atoms with Gasteiger partial charge in [-0.15, -0.1) is 26.3 Å². The quantitative estimate of drug-likeness (QED) is 0.0114. The van der Waals surface area contributed by atoms with Crippen molar-refractivity contribution in [1.29, 1.82) is 0 Å². The van der Waals surface area contributed by atoms with E-state index in [0.29, 0.717) is 134 Å². The molecule has 0 unspecified atom stereocenters. The van der Waals surface area contributed by atoms with Crippen LogP contribution in [0.4, 0.5) is 0 Å². The zero-order valence-electron chi connectivity index (χ0n) is 83.7. The van der Waals surface area contributed by atoms with Crippen molar-refractivity contribution in [3.05, 3.63) is 349 Å². The summed E-state index contributed by atoms with van der Waals surface area (Å²) in [5, 5.41) is 17.2. The lowest BCUT2D eigenvalue weighted by atomic mass is 9.99. The molecule has 4 aliphatic heterocycles. The summed E-state index contributed by atoms with van der Waals surface area (Å²) in [6.07, 6.45) is 12.8. The summed E-state index contributed by atoms with van der Waals surface area (Å²) in [5.74, 6) is -1.42. The number of aryl methyl sites for hydroxylation is 2. The van der Waals surface area contributed by atoms with Crippen molar-refractivity contribution in [2.24, 2.45) is 20.6 Å². The highest BCUT2D eigenvalue weighted by Gasteiger charge is 2.41. The van der Waals surface area contributed by atoms with Gasteiger partial charge in [-0.05, 0) is 283 Å². The van der Waals surface area contributed by atoms with Gasteiger partial charge in [0, 0.05) is 116 Å². The summed E-state index contributed by atoms with van der Waals surface area (Å²) in [5.41, 5.74) is 8.24. The van der Waals surface area contributed by atoms with E-state index in [1.807, 2.05) is 288 Å². The van der Waals surface area contributed by atoms with Crippen LogP contribution >= 0.6 is 58.8 Å². The summed E-state index contributed by atoms with van der Waals surface area (Å²) in [4.78, 5) is 119. The van der Waals surface area contributed by atoms with Crippen molar-refractivity contribution in [3.8, 4) is 0 Å². The summed E-state index contributed by atoms with van der Waals surface area (Å²) in [6.45, 7) is 47.5. The Hall–Kier alpha value is -11.5. The predicted molar refractivity (Wildman–Crippen MR) is 576 cm³/mol. The molecular formula is C116H132N8O13S5. The first-order valence-electron chi connectivity index (χ1n) is 48.2. The summed E-state index contributed by atoms with van der Waals surface area (Å²) in [6, 6.07) is 79.9. The Labute approximate surface area is 859 Å². The maximum Gasteiger partial charge on any atom is 0.354 e. The maximum absolute atomic E-state index is 12.9. The standard InChI is InChI=1S/C33H36N2O4S.C33H38N2O3S.C25H28N2O3S2.C25H30N2O3S/c1-5-6-11-30(34-39-32(37)33(3,4)35-20-22-38-23-21-35)25-12-16-27(17-13-25)40-28-18-14-26(15-19-28)31(36)29-10-8-7-9-24(29)2;1-7-10-15-30(34-38-32(37)33(5,6)35(8-2)9-3)25-16-20-27(21-17-25)39-28-22-18-26(19-23-28)31(36)29-14-12-11-13-24(29)4;1-4-5-8-19(26-30-24(28)25(2,3)27-13-15-29-16-14-27)18-11-12-22-23(17-18)32-21-10-7-6-9-20(21)31-22;1-4-5-11-23(26-30-24(28)25(2,3)27-16-18-29-19-17-27)20-12-14-22(15-13-20)31-21-9-7-6-8-10-21/h5,7-10,12-19H,1,6,11,20-23H2,2-4H3;7,11-14,16-23H,1,8-10,15H2,2-6H3;4,6-7,9-12,17H,1,5,8,13-16H2,2-3H3;4,6-10,12-15H,1,5,11,16-19H2,2-3H3/b2*34-30+;26-19+;26-23+. The lowest BCUT2D eigenvalue weighted by Crippen LogP contribution is -2.54. The van der Waals surface area contributed by atoms with Gasteiger partial charge in [-0.1, -0.05) is 239 Å². The van der Waals surface area contributed by atoms with Crippen LogP contribution in [0.1, 0.15) is 186 Å². The van der Waals surface area contributed by atoms with E-state index in [-0.39, 0.29) is 35.4 Å². The summed E-state index contributed by atoms with van der Waals surface area (Å²) in [7, 11) is 0. The Morgan fingerprint density at radius 3 is 0.908 bits per heavy atom. The minimum Gasteiger partial charge on any atom is -0.379 e. The highest BCUT2D eigenvalue weighted by atomic mass is 32.2. The Morgan fingerprint density at radius 2 is 0.599 bits per heavy atom. The number of rotatable bonds is 40. The molecule has 4 heterocycles. The fraction of sp³-hybridized carbons (Fsp3) is 0.328. The molecule has 4 aliphatic rings. The van der Waals surface area contributed by atoms with Crippen molar-refractivity contribution >= 4 is 117 Å². The molecule has 0 aromatic heterocycles. The fourth-order valence-electron chi connectivity index (χ4n) is 15.7. The van der Waals surface area contributed by atoms with Crippen molar-refractivity contribution in [2.45, 2.75) is 206 Å². The number of likely N-dealkylation sites (N-methyl/N-ethyl adjacent to an activating group) is 1. The van der Waals surface area contributed by atoms with E-state index in [9.17, 15) is 28.8 Å². The van der Waals surface area contributed by atoms with Gasteiger partial charge < -0.3 is 33.6 Å². The minimum absolute atomic E-state index is 0.0272. The molecule has 3 saturated heterocycles. The molecule has 0 bridgehead atoms. The molecule has 0 N–H and O–H groups in total. The normalized spacial score (nSPS) is 14.5. The van der Waals surface area contributed by atoms with Crippen LogP contribution in [0.5, 0.6) is 0 Å². The molecule has 744 valence electrons. The summed E-state index contributed by atoms with van der Waals surface area (Å²) >= 11 is 8.48. The molecule has 0 saturated carbocycles. The van der Waals surface area contributed by atoms with Gasteiger partial charge in [0.15, 0.2) is 11.6 Å². The van der Waals surface area contributed by atoms with E-state index in [1.54, 1.807) is 58.8 Å². The third kappa shape index (κ3) is 31.8. The lowest BCUT2D eigenvalue weighted by molar-refractivity contribution is -0.159. The molecule has 0 amide bonds. The molecule has 0 atom stereocenters. The highest BCUT2D eigenvalue weighted by molar-refractivity contribution is 8.05. The smallest absolute Gasteiger partial charge is 0.354 e. The van der Waals surface area contributed by atoms with Gasteiger partial charge in [-0.25, -0.2) is 19.2 Å². The van der Waals surface area contributed by atoms with Gasteiger partial charge in [-0.2, -0.15) is 0 Å². The predicted octanol–water partition coefficient (Wildman–Crippen LogP) is 25.2. The van der Waals surface area contributed by atoms with E-state index in [0.717, 1.165) is 113 Å². The van der Waals surface area contributed by atoms with E-state index >= 15 is 0 Å². The average molecular weight is 2010 g/mol. The molecule has 3 fully saturated rings. The van der Waals surface area contributed by atoms with Crippen molar-refractivity contribution < 1.29 is 62.3 Å². The number of benzene rings is 10. The number of nitrogens with zero attached hydrogens (tertiary/aromatic N) is 8. The molecule has 10 aromatic rings. The van der Waals surface area contributed by atoms with Crippen LogP contribution in [0.25, 0.3) is 0 Å². The van der Waals surface area contributed by atoms with Gasteiger partial charge in [-0.3, -0.25) is 29.2 Å². The Bertz CT molecular complexity index is 6040. The maximum atomic E-state index is 12.9. The molecule has 0 radical (unpaired) electrons. The van der Waals surface area contributed by atoms with Crippen LogP contribution in [0, 0.1) is 13.8 Å². The van der Waals surface area contributed by atoms with Gasteiger partial charge in [0.25, 0.3) is 0 Å². The highest BCUT2D eigenvalue weighted by Crippen LogP contribution is 2.49. The van der Waals surface area contributed by atoms with Crippen LogP contribution in [-0.4, -0.2) is 192 Å². The first kappa shape index (κ1) is 111. The number of hydrogen-bond acceptors (Lipinski definition) is 26. The number of fused-ring (bicyclic) bond motifs is 2. The number of oxime groups is 4. The Balaban J connectivity index is 0.000000182. The largest absolute Gasteiger partial charge is 0.379 e. The van der Waals surface area contributed by atoms with Crippen molar-refractivity contribution in [2.75, 3.05) is 92.0 Å². The molecule has 142 heavy (non-hydrogen) atoms. The van der Waals surface area contributed by atoms with Crippen molar-refractivity contribution in [3.63, 3.8) is 0 Å². The van der Waals surface area contributed by atoms with Gasteiger partial charge in [0.1, 0.15) is 22.2 Å². The number of ether oxygens (including phenoxy) is 3. The lowest BCUT2D eigenvalue weighted by Gasteiger charge is -2.37. The monoisotopic (exact) mass is 2000 g/mol. The van der Waals surface area contributed by atoms with E-state index in [4.69, 9.17) is 33.6 Å². The van der Waals surface area contributed by atoms with Crippen LogP contribution in [0.2, 0.25) is 0 Å². The second-order valence-corrected chi connectivity index (χ2v) is 41.6. The molecule has 0 aliphatic carbocycles. The third-order valence-electron chi connectivity index (χ3n) is 24.8. The van der Waals surface area contributed by atoms with Gasteiger partial charge >= 0.3 is 23.9 Å². The second kappa shape index (κ2) is 55.4. The van der Waals surface area contributed by atoms with E-state index in [1.165, 1.54) is 24.5 Å². The minimum atomic E-state index is -0.794. The number of allylic oxidation sites excluding steroid dienone is 4. The number of ketones is 2. The van der Waals surface area contributed by atoms with Gasteiger partial charge in [0.2, 0.25) is 0 Å². The molecule has 0 spiro atoms. The van der Waals surface area contributed by atoms with Gasteiger partial charge in [0.05, 0.1) is 62.5 Å². The molecule has 26 heteroatoms. The zero-order chi connectivity index (χ0) is 102. The second-order valence-electron chi connectivity index (χ2n) is 36.0. The Morgan fingerprint density at radius 1 is 0.338 bits per heavy atom. The topological polar surface area (TPSA) is 229 Å². The fourth-order valence-corrected chi connectivity index (χ4v) is 20.4. The summed E-state index contributed by atoms with van der Waals surface area (Å²) < 4.78 is 16.2. The molecule has 21 nitrogen and oxygen atoms in total. The molecule has 10 aromatic carbocycles. The van der Waals surface area contributed by atoms with Crippen LogP contribution in [0.3, 0.4) is 0 Å². The SMILES string of the molecule is C=CCC/C(=N\OC(=O)C(C)(C)N(CC)CC)c1ccc(Sc2ccc(C(=O)c3ccccc3C)cc2)cc1.C=CCC/C(=N\OC(=O)C(C)(C)N1CCOCC1)c1ccc(Sc2ccc(C(=O)c3ccccc3C)cc2)cc1.C=CCC/C(=N\OC(=O)C(C)(C)N1CCOCC1)c1ccc(Sc2ccccc2)cc1.C=CCC/C(=N\OC(=O)C(C)(C)N1CCOCC1)c1ccc2c(c1)Sc1ccccc1S2. The first-order valence-corrected chi connectivity index (χ1v) is 52.3. The Kier molecular flexibility index (Phi) is 43.3. The third-order valence-corrected chi connectivity index (χ3v) is 30.4. The van der Waals surface area contributed by atoms with Crippen molar-refractivity contribution in [1.82, 2.24) is 19.6 Å². The number of carbonyl (C=O) groups is 6. The average Bonchev–Trinajstić information content (AvgIpc) is 0.788. The molecule has 14 rings (SSSR count). The number of carbonyl (C=O) groups excluding carboxylic acids is 6. The number of morpholine rings is 3. The van der Waals surface area contributed by atoms with E-state index in [2.05, 4.69) is 128 Å². The molecular weight excluding hydrogens is 1870 g/mol. The van der Waals surface area contributed by atoms with Crippen LogP contribution in [-0.2, 0) is 52.7 Å². The van der Waals surface area contributed by atoms with E-state index < -0.39 is 22.2 Å². The van der Waals surface area contributed by atoms with Crippen LogP contribution in [0.15, 0.2) is 363 Å².